The van der Waals surface area contributed by atoms with Gasteiger partial charge in [0.15, 0.2) is 0 Å². The minimum Gasteiger partial charge on any atom is -0.105 e. The SMILES string of the molecule is ClC(Cl)CCCCCCCc1ccc2ccccc2c1CCCCCCCC(Cl)Cl. The first-order chi connectivity index (χ1) is 14.6. The second-order valence-electron chi connectivity index (χ2n) is 8.32. The summed E-state index contributed by atoms with van der Waals surface area (Å²) in [7, 11) is 0. The summed E-state index contributed by atoms with van der Waals surface area (Å²) in [5.41, 5.74) is 3.12. The highest BCUT2D eigenvalue weighted by Crippen LogP contribution is 2.26. The van der Waals surface area contributed by atoms with Gasteiger partial charge >= 0.3 is 0 Å². The Hall–Kier alpha value is -0.140. The minimum absolute atomic E-state index is 0.206. The molecular weight excluding hydrogens is 454 g/mol. The summed E-state index contributed by atoms with van der Waals surface area (Å²) >= 11 is 23.2. The average Bonchev–Trinajstić information content (AvgIpc) is 2.72. The van der Waals surface area contributed by atoms with Crippen LogP contribution in [0, 0.1) is 0 Å². The van der Waals surface area contributed by atoms with Gasteiger partial charge in [-0.15, -0.1) is 46.4 Å². The molecule has 0 fully saturated rings. The lowest BCUT2D eigenvalue weighted by Crippen LogP contribution is -1.98. The highest BCUT2D eigenvalue weighted by molar-refractivity contribution is 6.44. The number of alkyl halides is 4. The van der Waals surface area contributed by atoms with Gasteiger partial charge in [-0.1, -0.05) is 87.8 Å². The number of hydrogen-bond acceptors (Lipinski definition) is 0. The molecule has 0 aliphatic carbocycles. The van der Waals surface area contributed by atoms with E-state index in [-0.39, 0.29) is 9.67 Å². The van der Waals surface area contributed by atoms with Crippen molar-refractivity contribution in [2.24, 2.45) is 0 Å². The van der Waals surface area contributed by atoms with Crippen LogP contribution in [0.25, 0.3) is 10.8 Å². The summed E-state index contributed by atoms with van der Waals surface area (Å²) in [6.07, 6.45) is 16.5. The van der Waals surface area contributed by atoms with Crippen LogP contribution in [0.1, 0.15) is 88.2 Å². The van der Waals surface area contributed by atoms with Crippen LogP contribution in [-0.2, 0) is 12.8 Å². The topological polar surface area (TPSA) is 0 Å². The number of benzene rings is 2. The van der Waals surface area contributed by atoms with E-state index < -0.39 is 0 Å². The van der Waals surface area contributed by atoms with E-state index in [1.54, 1.807) is 11.1 Å². The van der Waals surface area contributed by atoms with Crippen LogP contribution in [0.3, 0.4) is 0 Å². The molecule has 0 bridgehead atoms. The number of unbranched alkanes of at least 4 members (excludes halogenated alkanes) is 8. The molecule has 0 heterocycles. The Kier molecular flexibility index (Phi) is 13.6. The van der Waals surface area contributed by atoms with Crippen molar-refractivity contribution >= 4 is 57.2 Å². The van der Waals surface area contributed by atoms with Crippen molar-refractivity contribution in [2.45, 2.75) is 99.6 Å². The van der Waals surface area contributed by atoms with Gasteiger partial charge in [0.05, 0.1) is 0 Å². The zero-order chi connectivity index (χ0) is 21.6. The lowest BCUT2D eigenvalue weighted by molar-refractivity contribution is 0.596. The minimum atomic E-state index is -0.208. The molecule has 0 radical (unpaired) electrons. The number of rotatable bonds is 16. The molecule has 2 aromatic rings. The second-order valence-corrected chi connectivity index (χ2v) is 10.9. The molecule has 4 heteroatoms. The van der Waals surface area contributed by atoms with Crippen LogP contribution < -0.4 is 0 Å². The van der Waals surface area contributed by atoms with Crippen molar-refractivity contribution in [3.8, 4) is 0 Å². The maximum atomic E-state index is 5.82. The highest BCUT2D eigenvalue weighted by Gasteiger charge is 2.08. The Labute approximate surface area is 203 Å². The van der Waals surface area contributed by atoms with Gasteiger partial charge < -0.3 is 0 Å². The zero-order valence-electron chi connectivity index (χ0n) is 18.0. The third kappa shape index (κ3) is 10.4. The van der Waals surface area contributed by atoms with Crippen LogP contribution in [0.5, 0.6) is 0 Å². The van der Waals surface area contributed by atoms with E-state index in [2.05, 4.69) is 36.4 Å². The molecule has 0 aliphatic rings. The smallest absolute Gasteiger partial charge is 0.105 e. The first-order valence-corrected chi connectivity index (χ1v) is 13.4. The fourth-order valence-electron chi connectivity index (χ4n) is 4.19. The fraction of sp³-hybridized carbons (Fsp3) is 0.615. The van der Waals surface area contributed by atoms with Crippen molar-refractivity contribution < 1.29 is 0 Å². The Morgan fingerprint density at radius 1 is 0.533 bits per heavy atom. The number of hydrogen-bond donors (Lipinski definition) is 0. The van der Waals surface area contributed by atoms with Gasteiger partial charge in [-0.05, 0) is 60.4 Å². The van der Waals surface area contributed by atoms with E-state index in [1.807, 2.05) is 0 Å². The predicted molar refractivity (Wildman–Crippen MR) is 138 cm³/mol. The summed E-state index contributed by atoms with van der Waals surface area (Å²) in [5, 5.41) is 2.81. The fourth-order valence-corrected chi connectivity index (χ4v) is 4.80. The van der Waals surface area contributed by atoms with Crippen LogP contribution in [0.15, 0.2) is 36.4 Å². The molecule has 0 unspecified atom stereocenters. The van der Waals surface area contributed by atoms with Crippen molar-refractivity contribution in [3.05, 3.63) is 47.5 Å². The summed E-state index contributed by atoms with van der Waals surface area (Å²) in [6.45, 7) is 0. The Morgan fingerprint density at radius 3 is 1.70 bits per heavy atom. The van der Waals surface area contributed by atoms with Crippen molar-refractivity contribution in [1.29, 1.82) is 0 Å². The zero-order valence-corrected chi connectivity index (χ0v) is 21.1. The van der Waals surface area contributed by atoms with Gasteiger partial charge in [0.2, 0.25) is 0 Å². The first-order valence-electron chi connectivity index (χ1n) is 11.6. The molecule has 0 atom stereocenters. The standard InChI is InChI=1S/C26H36Cl4/c27-25(28)17-9-5-1-3-7-13-21-19-20-22-14-11-12-16-24(22)23(21)15-8-4-2-6-10-18-26(29)30/h11-12,14,16,19-20,25-26H,1-10,13,15,17-18H2. The van der Waals surface area contributed by atoms with Crippen LogP contribution in [0.4, 0.5) is 0 Å². The molecule has 0 aromatic heterocycles. The van der Waals surface area contributed by atoms with Crippen molar-refractivity contribution in [2.75, 3.05) is 0 Å². The average molecular weight is 490 g/mol. The predicted octanol–water partition coefficient (Wildman–Crippen LogP) is 10.2. The lowest BCUT2D eigenvalue weighted by Gasteiger charge is -2.14. The molecule has 0 saturated heterocycles. The lowest BCUT2D eigenvalue weighted by atomic mass is 9.91. The summed E-state index contributed by atoms with van der Waals surface area (Å²) in [6, 6.07) is 13.5. The van der Waals surface area contributed by atoms with Gasteiger partial charge in [-0.2, -0.15) is 0 Å². The quantitative estimate of drug-likeness (QED) is 0.162. The summed E-state index contributed by atoms with van der Waals surface area (Å²) in [4.78, 5) is -0.413. The largest absolute Gasteiger partial charge is 0.107 e. The summed E-state index contributed by atoms with van der Waals surface area (Å²) < 4.78 is 0. The molecule has 2 aromatic carbocycles. The van der Waals surface area contributed by atoms with E-state index in [0.29, 0.717) is 0 Å². The number of aryl methyl sites for hydroxylation is 2. The van der Waals surface area contributed by atoms with Crippen LogP contribution in [-0.4, -0.2) is 9.67 Å². The van der Waals surface area contributed by atoms with Gasteiger partial charge in [-0.3, -0.25) is 0 Å². The molecule has 0 amide bonds. The van der Waals surface area contributed by atoms with Gasteiger partial charge in [0.25, 0.3) is 0 Å². The van der Waals surface area contributed by atoms with Crippen molar-refractivity contribution in [1.82, 2.24) is 0 Å². The van der Waals surface area contributed by atoms with Gasteiger partial charge in [-0.25, -0.2) is 0 Å². The molecular formula is C26H36Cl4. The third-order valence-electron chi connectivity index (χ3n) is 5.86. The highest BCUT2D eigenvalue weighted by atomic mass is 35.5. The molecule has 2 rings (SSSR count). The molecule has 0 nitrogen and oxygen atoms in total. The molecule has 0 saturated carbocycles. The monoisotopic (exact) mass is 488 g/mol. The number of fused-ring (bicyclic) bond motifs is 1. The van der Waals surface area contributed by atoms with E-state index in [1.165, 1.54) is 75.0 Å². The molecule has 0 N–H and O–H groups in total. The van der Waals surface area contributed by atoms with Crippen molar-refractivity contribution in [3.63, 3.8) is 0 Å². The Balaban J connectivity index is 1.82. The normalized spacial score (nSPS) is 11.8. The van der Waals surface area contributed by atoms with E-state index in [4.69, 9.17) is 46.4 Å². The van der Waals surface area contributed by atoms with Crippen LogP contribution >= 0.6 is 46.4 Å². The maximum absolute atomic E-state index is 5.82. The van der Waals surface area contributed by atoms with Gasteiger partial charge in [0, 0.05) is 0 Å². The number of halogens is 4. The van der Waals surface area contributed by atoms with E-state index in [0.717, 1.165) is 25.7 Å². The first kappa shape index (κ1) is 26.1. The molecule has 168 valence electrons. The van der Waals surface area contributed by atoms with Gasteiger partial charge in [0.1, 0.15) is 9.67 Å². The Morgan fingerprint density at radius 2 is 1.07 bits per heavy atom. The second kappa shape index (κ2) is 15.6. The third-order valence-corrected chi connectivity index (χ3v) is 6.73. The Bertz CT molecular complexity index is 711. The molecule has 30 heavy (non-hydrogen) atoms. The van der Waals surface area contributed by atoms with Crippen LogP contribution in [0.2, 0.25) is 0 Å². The summed E-state index contributed by atoms with van der Waals surface area (Å²) in [5.74, 6) is 0. The van der Waals surface area contributed by atoms with E-state index >= 15 is 0 Å². The maximum Gasteiger partial charge on any atom is 0.107 e. The molecule has 0 spiro atoms. The van der Waals surface area contributed by atoms with E-state index in [9.17, 15) is 0 Å². The molecule has 0 aliphatic heterocycles.